The number of carbonyl (C=O) groups is 1. The summed E-state index contributed by atoms with van der Waals surface area (Å²) >= 11 is 0. The maximum absolute atomic E-state index is 13.0. The van der Waals surface area contributed by atoms with Gasteiger partial charge in [-0.15, -0.1) is 5.10 Å². The molecule has 0 atom stereocenters. The number of aromatic nitrogens is 5. The molecule has 0 radical (unpaired) electrons. The van der Waals surface area contributed by atoms with Crippen LogP contribution in [0.15, 0.2) is 23.0 Å². The maximum atomic E-state index is 13.0. The van der Waals surface area contributed by atoms with Gasteiger partial charge in [0.05, 0.1) is 17.6 Å². The van der Waals surface area contributed by atoms with Crippen LogP contribution in [-0.4, -0.2) is 31.1 Å². The van der Waals surface area contributed by atoms with Gasteiger partial charge in [-0.3, -0.25) is 9.78 Å². The van der Waals surface area contributed by atoms with E-state index in [1.807, 2.05) is 0 Å². The second-order valence-electron chi connectivity index (χ2n) is 4.05. The highest BCUT2D eigenvalue weighted by molar-refractivity contribution is 5.90. The van der Waals surface area contributed by atoms with Crippen LogP contribution >= 0.6 is 0 Å². The highest BCUT2D eigenvalue weighted by Crippen LogP contribution is 2.12. The zero-order valence-electron chi connectivity index (χ0n) is 10.0. The summed E-state index contributed by atoms with van der Waals surface area (Å²) in [5, 5.41) is 8.11. The van der Waals surface area contributed by atoms with Crippen LogP contribution in [0.4, 0.5) is 4.39 Å². The predicted molar refractivity (Wildman–Crippen MR) is 66.4 cm³/mol. The Labute approximate surface area is 110 Å². The SMILES string of the molecule is O=C(NCc1nc2ccc(F)cc2[nH]1)c1n[nH]c(=O)[nH]1. The van der Waals surface area contributed by atoms with Gasteiger partial charge in [0.25, 0.3) is 5.91 Å². The Hall–Kier alpha value is -2.97. The van der Waals surface area contributed by atoms with Crippen molar-refractivity contribution in [3.63, 3.8) is 0 Å². The molecule has 3 rings (SSSR count). The van der Waals surface area contributed by atoms with Crippen LogP contribution in [0.1, 0.15) is 16.4 Å². The van der Waals surface area contributed by atoms with Gasteiger partial charge in [0, 0.05) is 0 Å². The molecule has 20 heavy (non-hydrogen) atoms. The molecular weight excluding hydrogens is 267 g/mol. The van der Waals surface area contributed by atoms with E-state index in [1.54, 1.807) is 0 Å². The summed E-state index contributed by atoms with van der Waals surface area (Å²) in [5.74, 6) is -0.560. The molecule has 8 nitrogen and oxygen atoms in total. The number of H-pyrrole nitrogens is 3. The molecule has 0 aliphatic carbocycles. The van der Waals surface area contributed by atoms with E-state index in [-0.39, 0.29) is 18.2 Å². The lowest BCUT2D eigenvalue weighted by atomic mass is 10.3. The normalized spacial score (nSPS) is 10.8. The fourth-order valence-electron chi connectivity index (χ4n) is 1.74. The van der Waals surface area contributed by atoms with Gasteiger partial charge < -0.3 is 10.3 Å². The molecule has 0 saturated heterocycles. The summed E-state index contributed by atoms with van der Waals surface area (Å²) in [5.41, 5.74) is 0.584. The Kier molecular flexibility index (Phi) is 2.78. The second kappa shape index (κ2) is 4.61. The molecule has 0 aliphatic heterocycles. The monoisotopic (exact) mass is 276 g/mol. The fraction of sp³-hybridized carbons (Fsp3) is 0.0909. The molecule has 0 saturated carbocycles. The average molecular weight is 276 g/mol. The fourth-order valence-corrected chi connectivity index (χ4v) is 1.74. The first kappa shape index (κ1) is 12.1. The van der Waals surface area contributed by atoms with Gasteiger partial charge >= 0.3 is 5.69 Å². The molecule has 0 spiro atoms. The van der Waals surface area contributed by atoms with Gasteiger partial charge in [0.2, 0.25) is 5.82 Å². The van der Waals surface area contributed by atoms with Crippen molar-refractivity contribution in [3.05, 3.63) is 46.1 Å². The standard InChI is InChI=1S/C11H9FN6O2/c12-5-1-2-6-7(3-5)15-8(14-6)4-13-10(19)9-16-11(20)18-17-9/h1-3H,4H2,(H,13,19)(H,14,15)(H2,16,17,18,20). The van der Waals surface area contributed by atoms with Crippen molar-refractivity contribution in [2.24, 2.45) is 0 Å². The number of halogens is 1. The average Bonchev–Trinajstić information content (AvgIpc) is 3.01. The van der Waals surface area contributed by atoms with Crippen LogP contribution in [-0.2, 0) is 6.54 Å². The third kappa shape index (κ3) is 2.28. The molecule has 102 valence electrons. The van der Waals surface area contributed by atoms with Crippen LogP contribution in [0, 0.1) is 5.82 Å². The van der Waals surface area contributed by atoms with Crippen molar-refractivity contribution in [2.75, 3.05) is 0 Å². The lowest BCUT2D eigenvalue weighted by Crippen LogP contribution is -2.25. The van der Waals surface area contributed by atoms with Crippen molar-refractivity contribution in [2.45, 2.75) is 6.54 Å². The lowest BCUT2D eigenvalue weighted by molar-refractivity contribution is 0.0940. The molecule has 0 aliphatic rings. The minimum atomic E-state index is -0.561. The molecule has 4 N–H and O–H groups in total. The number of benzene rings is 1. The van der Waals surface area contributed by atoms with Gasteiger partial charge in [0.15, 0.2) is 0 Å². The van der Waals surface area contributed by atoms with Gasteiger partial charge in [-0.05, 0) is 18.2 Å². The van der Waals surface area contributed by atoms with Gasteiger partial charge in [0.1, 0.15) is 11.6 Å². The Morgan fingerprint density at radius 1 is 1.35 bits per heavy atom. The number of fused-ring (bicyclic) bond motifs is 1. The van der Waals surface area contributed by atoms with Crippen LogP contribution in [0.3, 0.4) is 0 Å². The minimum absolute atomic E-state index is 0.101. The quantitative estimate of drug-likeness (QED) is 0.540. The summed E-state index contributed by atoms with van der Waals surface area (Å²) in [4.78, 5) is 31.7. The molecular formula is C11H9FN6O2. The first-order valence-corrected chi connectivity index (χ1v) is 5.69. The van der Waals surface area contributed by atoms with E-state index in [4.69, 9.17) is 0 Å². The molecule has 2 aromatic heterocycles. The number of amides is 1. The molecule has 0 bridgehead atoms. The predicted octanol–water partition coefficient (Wildman–Crippen LogP) is 0.0434. The van der Waals surface area contributed by atoms with Crippen LogP contribution in [0.5, 0.6) is 0 Å². The van der Waals surface area contributed by atoms with Crippen molar-refractivity contribution < 1.29 is 9.18 Å². The number of carbonyl (C=O) groups excluding carboxylic acids is 1. The van der Waals surface area contributed by atoms with Crippen molar-refractivity contribution in [1.29, 1.82) is 0 Å². The third-order valence-electron chi connectivity index (χ3n) is 2.63. The van der Waals surface area contributed by atoms with Crippen molar-refractivity contribution in [1.82, 2.24) is 30.5 Å². The van der Waals surface area contributed by atoms with Crippen LogP contribution < -0.4 is 11.0 Å². The second-order valence-corrected chi connectivity index (χ2v) is 4.05. The van der Waals surface area contributed by atoms with Crippen molar-refractivity contribution in [3.8, 4) is 0 Å². The van der Waals surface area contributed by atoms with Crippen LogP contribution in [0.25, 0.3) is 11.0 Å². The van der Waals surface area contributed by atoms with E-state index in [1.165, 1.54) is 18.2 Å². The van der Waals surface area contributed by atoms with Gasteiger partial charge in [-0.25, -0.2) is 19.3 Å². The van der Waals surface area contributed by atoms with E-state index in [9.17, 15) is 14.0 Å². The number of hydrogen-bond donors (Lipinski definition) is 4. The summed E-state index contributed by atoms with van der Waals surface area (Å²) < 4.78 is 13.0. The Morgan fingerprint density at radius 2 is 2.20 bits per heavy atom. The van der Waals surface area contributed by atoms with E-state index >= 15 is 0 Å². The molecule has 1 aromatic carbocycles. The highest BCUT2D eigenvalue weighted by atomic mass is 19.1. The largest absolute Gasteiger partial charge is 0.342 e. The topological polar surface area (TPSA) is 119 Å². The number of rotatable bonds is 3. The summed E-state index contributed by atoms with van der Waals surface area (Å²) in [6.07, 6.45) is 0. The van der Waals surface area contributed by atoms with Crippen molar-refractivity contribution >= 4 is 16.9 Å². The number of nitrogens with one attached hydrogen (secondary N) is 4. The Morgan fingerprint density at radius 3 is 2.95 bits per heavy atom. The smallest absolute Gasteiger partial charge is 0.341 e. The number of hydrogen-bond acceptors (Lipinski definition) is 4. The first-order chi connectivity index (χ1) is 9.61. The van der Waals surface area contributed by atoms with Gasteiger partial charge in [-0.2, -0.15) is 0 Å². The molecule has 3 aromatic rings. The zero-order chi connectivity index (χ0) is 14.1. The summed E-state index contributed by atoms with van der Waals surface area (Å²) in [6.45, 7) is 0.101. The van der Waals surface area contributed by atoms with E-state index < -0.39 is 11.6 Å². The number of nitrogens with zero attached hydrogens (tertiary/aromatic N) is 2. The first-order valence-electron chi connectivity index (χ1n) is 5.69. The lowest BCUT2D eigenvalue weighted by Gasteiger charge is -1.98. The highest BCUT2D eigenvalue weighted by Gasteiger charge is 2.11. The van der Waals surface area contributed by atoms with E-state index in [0.717, 1.165) is 0 Å². The van der Waals surface area contributed by atoms with E-state index in [2.05, 4.69) is 30.5 Å². The molecule has 2 heterocycles. The molecule has 0 fully saturated rings. The Balaban J connectivity index is 1.73. The van der Waals surface area contributed by atoms with E-state index in [0.29, 0.717) is 16.9 Å². The Bertz CT molecular complexity index is 833. The number of imidazole rings is 1. The van der Waals surface area contributed by atoms with Gasteiger partial charge in [-0.1, -0.05) is 0 Å². The molecule has 0 unspecified atom stereocenters. The zero-order valence-corrected chi connectivity index (χ0v) is 10.0. The summed E-state index contributed by atoms with van der Waals surface area (Å²) in [7, 11) is 0. The molecule has 9 heteroatoms. The minimum Gasteiger partial charge on any atom is -0.342 e. The summed E-state index contributed by atoms with van der Waals surface area (Å²) in [6, 6.07) is 4.16. The molecule has 1 amide bonds. The maximum Gasteiger partial charge on any atom is 0.341 e. The number of aromatic amines is 3. The third-order valence-corrected chi connectivity index (χ3v) is 2.63. The van der Waals surface area contributed by atoms with Crippen LogP contribution in [0.2, 0.25) is 0 Å².